The smallest absolute Gasteiger partial charge is 0.141 e. The van der Waals surface area contributed by atoms with Gasteiger partial charge in [-0.15, -0.1) is 0 Å². The molecule has 0 amide bonds. The Morgan fingerprint density at radius 1 is 1.26 bits per heavy atom. The highest BCUT2D eigenvalue weighted by Gasteiger charge is 2.20. The Bertz CT molecular complexity index is 566. The van der Waals surface area contributed by atoms with Crippen LogP contribution < -0.4 is 17.7 Å². The van der Waals surface area contributed by atoms with Gasteiger partial charge in [0.2, 0.25) is 0 Å². The minimum atomic E-state index is -0.414. The molecule has 102 valence electrons. The quantitative estimate of drug-likeness (QED) is 0.911. The van der Waals surface area contributed by atoms with Crippen LogP contribution in [0.4, 0.5) is 4.39 Å². The van der Waals surface area contributed by atoms with Gasteiger partial charge < -0.3 is 22.1 Å². The third-order valence-electron chi connectivity index (χ3n) is 3.01. The van der Waals surface area contributed by atoms with E-state index in [1.54, 1.807) is 12.1 Å². The van der Waals surface area contributed by atoms with Crippen molar-refractivity contribution in [2.24, 2.45) is 0 Å². The number of halogens is 3. The van der Waals surface area contributed by atoms with Gasteiger partial charge in [-0.2, -0.15) is 0 Å². The number of furan rings is 1. The molecule has 0 atom stereocenters. The summed E-state index contributed by atoms with van der Waals surface area (Å²) in [5.74, 6) is 1.18. The minimum absolute atomic E-state index is 0. The molecule has 1 aliphatic carbocycles. The summed E-state index contributed by atoms with van der Waals surface area (Å²) in [6, 6.07) is 9.06. The van der Waals surface area contributed by atoms with E-state index in [4.69, 9.17) is 16.0 Å². The molecule has 0 spiro atoms. The van der Waals surface area contributed by atoms with Crippen LogP contribution in [0.2, 0.25) is 5.02 Å². The van der Waals surface area contributed by atoms with Crippen LogP contribution >= 0.6 is 11.6 Å². The molecule has 0 aliphatic heterocycles. The van der Waals surface area contributed by atoms with E-state index in [0.29, 0.717) is 11.8 Å². The van der Waals surface area contributed by atoms with Gasteiger partial charge in [-0.3, -0.25) is 0 Å². The molecule has 0 radical (unpaired) electrons. The molecule has 2 aromatic rings. The van der Waals surface area contributed by atoms with Gasteiger partial charge >= 0.3 is 0 Å². The topological polar surface area (TPSA) is 25.2 Å². The van der Waals surface area contributed by atoms with Crippen molar-refractivity contribution in [3.63, 3.8) is 0 Å². The van der Waals surface area contributed by atoms with Gasteiger partial charge in [-0.25, -0.2) is 4.39 Å². The van der Waals surface area contributed by atoms with Crippen molar-refractivity contribution in [2.45, 2.75) is 25.4 Å². The zero-order valence-electron chi connectivity index (χ0n) is 10.1. The molecule has 1 heterocycles. The monoisotopic (exact) mass is 300 g/mol. The minimum Gasteiger partial charge on any atom is -1.00 e. The molecule has 1 aromatic heterocycles. The lowest BCUT2D eigenvalue weighted by Crippen LogP contribution is -3.00. The Hall–Kier alpha value is -1.03. The highest BCUT2D eigenvalue weighted by Crippen LogP contribution is 2.27. The van der Waals surface area contributed by atoms with Crippen LogP contribution in [0.15, 0.2) is 34.7 Å². The van der Waals surface area contributed by atoms with Crippen LogP contribution in [0, 0.1) is 5.82 Å². The van der Waals surface area contributed by atoms with Crippen LogP contribution in [0.1, 0.15) is 18.6 Å². The summed E-state index contributed by atoms with van der Waals surface area (Å²) in [6.45, 7) is 0.736. The maximum absolute atomic E-state index is 13.1. The molecule has 0 saturated heterocycles. The van der Waals surface area contributed by atoms with Gasteiger partial charge in [0, 0.05) is 11.6 Å². The van der Waals surface area contributed by atoms with Crippen molar-refractivity contribution in [3.8, 4) is 11.3 Å². The van der Waals surface area contributed by atoms with Crippen molar-refractivity contribution in [2.75, 3.05) is 0 Å². The largest absolute Gasteiger partial charge is 1.00 e. The number of rotatable bonds is 4. The van der Waals surface area contributed by atoms with E-state index >= 15 is 0 Å². The highest BCUT2D eigenvalue weighted by atomic mass is 35.5. The van der Waals surface area contributed by atoms with Gasteiger partial charge in [0.1, 0.15) is 17.3 Å². The second-order valence-electron chi connectivity index (χ2n) is 4.55. The molecule has 0 unspecified atom stereocenters. The Labute approximate surface area is 122 Å². The summed E-state index contributed by atoms with van der Waals surface area (Å²) in [6.07, 6.45) is 2.50. The number of hydrogen-bond acceptors (Lipinski definition) is 2. The van der Waals surface area contributed by atoms with Crippen molar-refractivity contribution in [1.82, 2.24) is 5.32 Å². The highest BCUT2D eigenvalue weighted by molar-refractivity contribution is 6.31. The first-order valence-corrected chi connectivity index (χ1v) is 6.38. The molecule has 1 N–H and O–H groups in total. The normalized spacial score (nSPS) is 14.2. The van der Waals surface area contributed by atoms with E-state index < -0.39 is 5.82 Å². The summed E-state index contributed by atoms with van der Waals surface area (Å²) in [5.41, 5.74) is 0.791. The average Bonchev–Trinajstić information content (AvgIpc) is 3.08. The molecule has 5 heteroatoms. The average molecular weight is 301 g/mol. The first kappa shape index (κ1) is 14.4. The van der Waals surface area contributed by atoms with E-state index in [0.717, 1.165) is 17.9 Å². The van der Waals surface area contributed by atoms with Crippen LogP contribution in [0.25, 0.3) is 11.3 Å². The fourth-order valence-corrected chi connectivity index (χ4v) is 1.99. The van der Waals surface area contributed by atoms with Crippen molar-refractivity contribution in [3.05, 3.63) is 46.9 Å². The third kappa shape index (κ3) is 3.50. The standard InChI is InChI=1S/C14H13ClFNO.ClH/c15-12-7-9(1-5-13(12)16)14-6-4-11(18-14)8-17-10-2-3-10;/h1,4-7,10,17H,2-3,8H2;1H/p-1. The van der Waals surface area contributed by atoms with Gasteiger partial charge in [-0.1, -0.05) is 11.6 Å². The molecule has 19 heavy (non-hydrogen) atoms. The maximum Gasteiger partial charge on any atom is 0.141 e. The Kier molecular flexibility index (Phi) is 4.50. The summed E-state index contributed by atoms with van der Waals surface area (Å²) in [5, 5.41) is 3.49. The molecule has 1 fully saturated rings. The van der Waals surface area contributed by atoms with Crippen molar-refractivity contribution < 1.29 is 21.2 Å². The number of hydrogen-bond donors (Lipinski definition) is 1. The van der Waals surface area contributed by atoms with Gasteiger partial charge in [0.15, 0.2) is 0 Å². The SMILES string of the molecule is Fc1ccc(-c2ccc(CNC3CC3)o2)cc1Cl.[Cl-]. The Balaban J connectivity index is 0.00000133. The molecular weight excluding hydrogens is 288 g/mol. The lowest BCUT2D eigenvalue weighted by Gasteiger charge is -2.00. The predicted octanol–water partition coefficient (Wildman–Crippen LogP) is 0.995. The first-order chi connectivity index (χ1) is 8.72. The molecule has 3 rings (SSSR count). The molecule has 1 aliphatic rings. The second kappa shape index (κ2) is 5.95. The van der Waals surface area contributed by atoms with Gasteiger partial charge in [-0.05, 0) is 43.2 Å². The van der Waals surface area contributed by atoms with Gasteiger partial charge in [0.05, 0.1) is 11.6 Å². The van der Waals surface area contributed by atoms with Crippen molar-refractivity contribution in [1.29, 1.82) is 0 Å². The predicted molar refractivity (Wildman–Crippen MR) is 69.0 cm³/mol. The van der Waals surface area contributed by atoms with E-state index in [2.05, 4.69) is 5.32 Å². The first-order valence-electron chi connectivity index (χ1n) is 6.00. The number of nitrogens with one attached hydrogen (secondary N) is 1. The van der Waals surface area contributed by atoms with E-state index in [1.165, 1.54) is 18.9 Å². The Morgan fingerprint density at radius 3 is 2.74 bits per heavy atom. The Morgan fingerprint density at radius 2 is 2.05 bits per heavy atom. The number of benzene rings is 1. The van der Waals surface area contributed by atoms with Crippen LogP contribution in [-0.4, -0.2) is 6.04 Å². The van der Waals surface area contributed by atoms with Crippen molar-refractivity contribution >= 4 is 11.6 Å². The molecule has 1 saturated carbocycles. The van der Waals surface area contributed by atoms with Crippen LogP contribution in [0.5, 0.6) is 0 Å². The molecule has 1 aromatic carbocycles. The lowest BCUT2D eigenvalue weighted by molar-refractivity contribution is -0.00000470. The maximum atomic E-state index is 13.1. The van der Waals surface area contributed by atoms with E-state index in [-0.39, 0.29) is 17.4 Å². The molecule has 2 nitrogen and oxygen atoms in total. The summed E-state index contributed by atoms with van der Waals surface area (Å²) < 4.78 is 18.8. The fourth-order valence-electron chi connectivity index (χ4n) is 1.81. The molecule has 0 bridgehead atoms. The van der Waals surface area contributed by atoms with Crippen LogP contribution in [0.3, 0.4) is 0 Å². The fraction of sp³-hybridized carbons (Fsp3) is 0.286. The summed E-state index contributed by atoms with van der Waals surface area (Å²) in [4.78, 5) is 0. The van der Waals surface area contributed by atoms with Crippen LogP contribution in [-0.2, 0) is 6.54 Å². The van der Waals surface area contributed by atoms with E-state index in [1.807, 2.05) is 12.1 Å². The zero-order chi connectivity index (χ0) is 12.5. The summed E-state index contributed by atoms with van der Waals surface area (Å²) >= 11 is 5.75. The second-order valence-corrected chi connectivity index (χ2v) is 4.96. The summed E-state index contributed by atoms with van der Waals surface area (Å²) in [7, 11) is 0. The third-order valence-corrected chi connectivity index (χ3v) is 3.30. The zero-order valence-corrected chi connectivity index (χ0v) is 11.6. The van der Waals surface area contributed by atoms with Gasteiger partial charge in [0.25, 0.3) is 0 Å². The lowest BCUT2D eigenvalue weighted by atomic mass is 10.2. The van der Waals surface area contributed by atoms with E-state index in [9.17, 15) is 4.39 Å². The molecular formula is C14H13Cl2FNO-.